The Hall–Kier alpha value is -3.19. The number of hydrogen-bond acceptors (Lipinski definition) is 6. The highest BCUT2D eigenvalue weighted by atomic mass is 16.6. The summed E-state index contributed by atoms with van der Waals surface area (Å²) in [7, 11) is 0. The Morgan fingerprint density at radius 1 is 1.13 bits per heavy atom. The number of non-ortho nitro benzene ring substituents is 1. The molecule has 2 aliphatic heterocycles. The molecule has 0 amide bonds. The maximum absolute atomic E-state index is 13.0. The lowest BCUT2D eigenvalue weighted by molar-refractivity contribution is -0.384. The lowest BCUT2D eigenvalue weighted by Gasteiger charge is -2.37. The van der Waals surface area contributed by atoms with Crippen molar-refractivity contribution in [3.63, 3.8) is 0 Å². The van der Waals surface area contributed by atoms with Gasteiger partial charge >= 0.3 is 0 Å². The minimum absolute atomic E-state index is 0.00675. The molecule has 31 heavy (non-hydrogen) atoms. The molecule has 0 atom stereocenters. The minimum atomic E-state index is -0.450. The van der Waals surface area contributed by atoms with Gasteiger partial charge in [0.15, 0.2) is 5.76 Å². The molecule has 7 nitrogen and oxygen atoms in total. The number of rotatable bonds is 3. The zero-order valence-electron chi connectivity index (χ0n) is 17.4. The molecule has 5 rings (SSSR count). The topological polar surface area (TPSA) is 81.9 Å². The maximum Gasteiger partial charge on any atom is 0.269 e. The van der Waals surface area contributed by atoms with Gasteiger partial charge in [0.1, 0.15) is 18.2 Å². The first-order valence-electron chi connectivity index (χ1n) is 10.7. The molecule has 2 heterocycles. The van der Waals surface area contributed by atoms with Crippen molar-refractivity contribution in [3.8, 4) is 11.5 Å². The number of nitro benzene ring substituents is 1. The quantitative estimate of drug-likeness (QED) is 0.395. The Labute approximate surface area is 180 Å². The van der Waals surface area contributed by atoms with Gasteiger partial charge in [-0.15, -0.1) is 0 Å². The summed E-state index contributed by atoms with van der Waals surface area (Å²) in [4.78, 5) is 25.8. The minimum Gasteiger partial charge on any atom is -0.477 e. The molecule has 1 saturated carbocycles. The summed E-state index contributed by atoms with van der Waals surface area (Å²) >= 11 is 0. The van der Waals surface area contributed by atoms with Crippen molar-refractivity contribution in [2.45, 2.75) is 51.6 Å². The fourth-order valence-electron chi connectivity index (χ4n) is 4.79. The fraction of sp³-hybridized carbons (Fsp3) is 0.375. The van der Waals surface area contributed by atoms with Crippen LogP contribution >= 0.6 is 0 Å². The predicted molar refractivity (Wildman–Crippen MR) is 115 cm³/mol. The van der Waals surface area contributed by atoms with Gasteiger partial charge in [-0.25, -0.2) is 0 Å². The molecule has 0 saturated heterocycles. The molecule has 0 aromatic heterocycles. The summed E-state index contributed by atoms with van der Waals surface area (Å²) in [5, 5.41) is 10.8. The molecule has 0 radical (unpaired) electrons. The van der Waals surface area contributed by atoms with E-state index in [0.717, 1.165) is 23.4 Å². The van der Waals surface area contributed by atoms with Gasteiger partial charge in [0.25, 0.3) is 5.69 Å². The second-order valence-electron chi connectivity index (χ2n) is 8.47. The van der Waals surface area contributed by atoms with Crippen LogP contribution in [0.25, 0.3) is 6.08 Å². The highest BCUT2D eigenvalue weighted by Gasteiger charge is 2.34. The average Bonchev–Trinajstić information content (AvgIpc) is 3.10. The smallest absolute Gasteiger partial charge is 0.269 e. The molecule has 0 spiro atoms. The molecule has 3 aliphatic rings. The highest BCUT2D eigenvalue weighted by molar-refractivity contribution is 6.15. The van der Waals surface area contributed by atoms with Crippen LogP contribution in [0, 0.1) is 17.0 Å². The van der Waals surface area contributed by atoms with Gasteiger partial charge < -0.3 is 9.47 Å². The molecule has 0 N–H and O–H groups in total. The molecule has 160 valence electrons. The zero-order chi connectivity index (χ0) is 21.5. The van der Waals surface area contributed by atoms with Gasteiger partial charge in [0, 0.05) is 35.8 Å². The molecular formula is C24H24N2O5. The molecule has 2 aromatic rings. The second kappa shape index (κ2) is 7.81. The van der Waals surface area contributed by atoms with E-state index in [-0.39, 0.29) is 17.2 Å². The van der Waals surface area contributed by atoms with Crippen LogP contribution in [0.5, 0.6) is 11.5 Å². The van der Waals surface area contributed by atoms with Crippen LogP contribution in [-0.2, 0) is 6.54 Å². The molecule has 1 fully saturated rings. The van der Waals surface area contributed by atoms with E-state index < -0.39 is 4.92 Å². The summed E-state index contributed by atoms with van der Waals surface area (Å²) in [6.45, 7) is 3.27. The van der Waals surface area contributed by atoms with Gasteiger partial charge in [-0.05, 0) is 49.6 Å². The van der Waals surface area contributed by atoms with Crippen LogP contribution in [0.3, 0.4) is 0 Å². The Kier molecular flexibility index (Phi) is 4.98. The number of ketones is 1. The first kappa shape index (κ1) is 19.8. The molecule has 2 aromatic carbocycles. The third kappa shape index (κ3) is 3.59. The summed E-state index contributed by atoms with van der Waals surface area (Å²) in [6, 6.07) is 8.49. The number of fused-ring (bicyclic) bond motifs is 2. The largest absolute Gasteiger partial charge is 0.477 e. The first-order chi connectivity index (χ1) is 15.0. The van der Waals surface area contributed by atoms with Crippen LogP contribution in [-0.4, -0.2) is 28.4 Å². The Morgan fingerprint density at radius 2 is 1.87 bits per heavy atom. The average molecular weight is 420 g/mol. The number of carbonyl (C=O) groups excluding carboxylic acids is 1. The van der Waals surface area contributed by atoms with Crippen molar-refractivity contribution < 1.29 is 19.2 Å². The van der Waals surface area contributed by atoms with Crippen molar-refractivity contribution in [3.05, 3.63) is 68.5 Å². The predicted octanol–water partition coefficient (Wildman–Crippen LogP) is 5.00. The molecular weight excluding hydrogens is 396 g/mol. The number of carbonyl (C=O) groups is 1. The maximum atomic E-state index is 13.0. The van der Waals surface area contributed by atoms with Crippen LogP contribution in [0.4, 0.5) is 5.69 Å². The Morgan fingerprint density at radius 3 is 2.58 bits per heavy atom. The third-order valence-corrected chi connectivity index (χ3v) is 6.46. The normalized spacial score (nSPS) is 20.2. The monoisotopic (exact) mass is 420 g/mol. The summed E-state index contributed by atoms with van der Waals surface area (Å²) < 4.78 is 12.0. The fourth-order valence-corrected chi connectivity index (χ4v) is 4.79. The number of allylic oxidation sites excluding steroid dienone is 1. The molecule has 0 bridgehead atoms. The second-order valence-corrected chi connectivity index (χ2v) is 8.47. The standard InChI is InChI=1S/C24H24N2O5/c1-15-23-17(13-25(14-30-23)18-5-3-2-4-6-18)12-20-22(27)21(31-24(15)20)11-16-7-9-19(10-8-16)26(28)29/h7-12,18H,2-6,13-14H2,1H3/b21-11-. The number of nitrogens with zero attached hydrogens (tertiary/aromatic N) is 2. The highest BCUT2D eigenvalue weighted by Crippen LogP contribution is 2.43. The molecule has 7 heteroatoms. The van der Waals surface area contributed by atoms with Gasteiger partial charge in [-0.3, -0.25) is 19.8 Å². The number of benzene rings is 2. The van der Waals surface area contributed by atoms with E-state index in [9.17, 15) is 14.9 Å². The SMILES string of the molecule is Cc1c2c(cc3c1O/C(=C\c1ccc([N+](=O)[O-])cc1)C3=O)CN(C1CCCCC1)CO2. The van der Waals surface area contributed by atoms with E-state index in [1.54, 1.807) is 18.2 Å². The van der Waals surface area contributed by atoms with Crippen LogP contribution < -0.4 is 9.47 Å². The number of Topliss-reactive ketones (excluding diaryl/α,β-unsaturated/α-hetero) is 1. The number of ether oxygens (including phenoxy) is 2. The third-order valence-electron chi connectivity index (χ3n) is 6.46. The van der Waals surface area contributed by atoms with Gasteiger partial charge in [-0.1, -0.05) is 19.3 Å². The van der Waals surface area contributed by atoms with E-state index >= 15 is 0 Å². The van der Waals surface area contributed by atoms with E-state index in [4.69, 9.17) is 9.47 Å². The Balaban J connectivity index is 1.42. The van der Waals surface area contributed by atoms with Gasteiger partial charge in [-0.2, -0.15) is 0 Å². The molecule has 0 unspecified atom stereocenters. The van der Waals surface area contributed by atoms with Crippen molar-refractivity contribution in [2.24, 2.45) is 0 Å². The summed E-state index contributed by atoms with van der Waals surface area (Å²) in [5.41, 5.74) is 3.10. The number of nitro groups is 1. The van der Waals surface area contributed by atoms with Gasteiger partial charge in [0.05, 0.1) is 10.5 Å². The zero-order valence-corrected chi connectivity index (χ0v) is 17.4. The lowest BCUT2D eigenvalue weighted by Crippen LogP contribution is -2.41. The summed E-state index contributed by atoms with van der Waals surface area (Å²) in [5.74, 6) is 1.41. The van der Waals surface area contributed by atoms with Crippen LogP contribution in [0.2, 0.25) is 0 Å². The Bertz CT molecular complexity index is 1080. The molecule has 1 aliphatic carbocycles. The summed E-state index contributed by atoms with van der Waals surface area (Å²) in [6.07, 6.45) is 7.87. The van der Waals surface area contributed by atoms with Crippen LogP contribution in [0.1, 0.15) is 59.2 Å². The van der Waals surface area contributed by atoms with Crippen LogP contribution in [0.15, 0.2) is 36.1 Å². The number of hydrogen-bond donors (Lipinski definition) is 0. The van der Waals surface area contributed by atoms with E-state index in [1.165, 1.54) is 44.2 Å². The van der Waals surface area contributed by atoms with Gasteiger partial charge in [0.2, 0.25) is 5.78 Å². The van der Waals surface area contributed by atoms with Crippen molar-refractivity contribution in [1.82, 2.24) is 4.90 Å². The lowest BCUT2D eigenvalue weighted by atomic mass is 9.93. The van der Waals surface area contributed by atoms with Crippen molar-refractivity contribution in [1.29, 1.82) is 0 Å². The van der Waals surface area contributed by atoms with Crippen molar-refractivity contribution >= 4 is 17.5 Å². The van der Waals surface area contributed by atoms with E-state index in [2.05, 4.69) is 4.90 Å². The van der Waals surface area contributed by atoms with Crippen molar-refractivity contribution in [2.75, 3.05) is 6.73 Å². The van der Waals surface area contributed by atoms with E-state index in [1.807, 2.05) is 13.0 Å². The first-order valence-corrected chi connectivity index (χ1v) is 10.7. The van der Waals surface area contributed by atoms with E-state index in [0.29, 0.717) is 29.6 Å².